The first-order valence-electron chi connectivity index (χ1n) is 5.16. The van der Waals surface area contributed by atoms with Gasteiger partial charge in [0.05, 0.1) is 0 Å². The first kappa shape index (κ1) is 14.2. The van der Waals surface area contributed by atoms with Crippen LogP contribution in [0.2, 0.25) is 0 Å². The van der Waals surface area contributed by atoms with Gasteiger partial charge in [-0.2, -0.15) is 0 Å². The summed E-state index contributed by atoms with van der Waals surface area (Å²) in [6.45, 7) is 1.89. The first-order valence-corrected chi connectivity index (χ1v) is 6.75. The zero-order valence-electron chi connectivity index (χ0n) is 10.2. The van der Waals surface area contributed by atoms with Crippen molar-refractivity contribution in [3.8, 4) is 0 Å². The van der Waals surface area contributed by atoms with Gasteiger partial charge in [0, 0.05) is 22.0 Å². The molecule has 2 nitrogen and oxygen atoms in total. The monoisotopic (exact) mass is 348 g/mol. The molecule has 0 aliphatic carbocycles. The quantitative estimate of drug-likeness (QED) is 0.822. The lowest BCUT2D eigenvalue weighted by molar-refractivity contribution is 0.397. The lowest BCUT2D eigenvalue weighted by Crippen LogP contribution is -2.13. The molecule has 0 heterocycles. The Morgan fingerprint density at radius 3 is 1.38 bits per heavy atom. The number of nitrogens with zero attached hydrogens (tertiary/aromatic N) is 2. The fraction of sp³-hybridized carbons (Fsp3) is 0.500. The number of hydrogen-bond donors (Lipinski definition) is 0. The van der Waals surface area contributed by atoms with Crippen molar-refractivity contribution in [3.63, 3.8) is 0 Å². The predicted molar refractivity (Wildman–Crippen MR) is 76.6 cm³/mol. The van der Waals surface area contributed by atoms with E-state index < -0.39 is 0 Å². The van der Waals surface area contributed by atoms with Gasteiger partial charge in [-0.15, -0.1) is 0 Å². The Kier molecular flexibility index (Phi) is 5.44. The Morgan fingerprint density at radius 1 is 0.812 bits per heavy atom. The average Bonchev–Trinajstić information content (AvgIpc) is 2.11. The summed E-state index contributed by atoms with van der Waals surface area (Å²) in [5, 5.41) is 0. The van der Waals surface area contributed by atoms with Crippen molar-refractivity contribution >= 4 is 31.9 Å². The lowest BCUT2D eigenvalue weighted by atomic mass is 10.1. The summed E-state index contributed by atoms with van der Waals surface area (Å²) >= 11 is 7.27. The summed E-state index contributed by atoms with van der Waals surface area (Å²) < 4.78 is 2.36. The van der Waals surface area contributed by atoms with Gasteiger partial charge in [-0.25, -0.2) is 0 Å². The van der Waals surface area contributed by atoms with Gasteiger partial charge in [0.2, 0.25) is 0 Å². The molecular weight excluding hydrogens is 332 g/mol. The summed E-state index contributed by atoms with van der Waals surface area (Å²) in [4.78, 5) is 4.33. The maximum absolute atomic E-state index is 3.63. The van der Waals surface area contributed by atoms with E-state index in [0.29, 0.717) is 0 Å². The van der Waals surface area contributed by atoms with E-state index in [1.54, 1.807) is 0 Å². The van der Waals surface area contributed by atoms with Crippen LogP contribution in [0.15, 0.2) is 21.1 Å². The standard InChI is InChI=1S/C12H18Br2N2/c1-15(2)7-9-5-12(14)10(6-11(9)13)8-16(3)4/h5-6H,7-8H2,1-4H3. The van der Waals surface area contributed by atoms with E-state index in [-0.39, 0.29) is 0 Å². The summed E-state index contributed by atoms with van der Waals surface area (Å²) in [5.74, 6) is 0. The molecule has 0 aliphatic rings. The minimum atomic E-state index is 0.946. The van der Waals surface area contributed by atoms with Crippen LogP contribution in [0.25, 0.3) is 0 Å². The van der Waals surface area contributed by atoms with Crippen LogP contribution in [-0.4, -0.2) is 38.0 Å². The zero-order valence-corrected chi connectivity index (χ0v) is 13.4. The molecule has 0 bridgehead atoms. The van der Waals surface area contributed by atoms with Crippen LogP contribution in [0.5, 0.6) is 0 Å². The van der Waals surface area contributed by atoms with Crippen LogP contribution in [0.1, 0.15) is 11.1 Å². The molecule has 0 spiro atoms. The van der Waals surface area contributed by atoms with Gasteiger partial charge in [0.15, 0.2) is 0 Å². The molecule has 16 heavy (non-hydrogen) atoms. The van der Waals surface area contributed by atoms with E-state index >= 15 is 0 Å². The highest BCUT2D eigenvalue weighted by atomic mass is 79.9. The Labute approximate surface area is 115 Å². The molecule has 0 aromatic heterocycles. The van der Waals surface area contributed by atoms with Crippen LogP contribution >= 0.6 is 31.9 Å². The molecule has 1 aromatic rings. The number of halogens is 2. The van der Waals surface area contributed by atoms with Crippen LogP contribution in [0, 0.1) is 0 Å². The van der Waals surface area contributed by atoms with Crippen molar-refractivity contribution in [2.24, 2.45) is 0 Å². The molecule has 0 atom stereocenters. The lowest BCUT2D eigenvalue weighted by Gasteiger charge is -2.16. The summed E-state index contributed by atoms with van der Waals surface area (Å²) in [6.07, 6.45) is 0. The maximum Gasteiger partial charge on any atom is 0.0239 e. The molecular formula is C12H18Br2N2. The second-order valence-corrected chi connectivity index (χ2v) is 6.22. The van der Waals surface area contributed by atoms with Crippen molar-refractivity contribution < 1.29 is 0 Å². The van der Waals surface area contributed by atoms with Gasteiger partial charge in [0.25, 0.3) is 0 Å². The van der Waals surface area contributed by atoms with Crippen LogP contribution in [-0.2, 0) is 13.1 Å². The molecule has 0 radical (unpaired) electrons. The van der Waals surface area contributed by atoms with Crippen molar-refractivity contribution in [1.82, 2.24) is 9.80 Å². The number of benzene rings is 1. The van der Waals surface area contributed by atoms with Crippen LogP contribution in [0.3, 0.4) is 0 Å². The van der Waals surface area contributed by atoms with E-state index in [2.05, 4.69) is 82.0 Å². The van der Waals surface area contributed by atoms with Crippen LogP contribution < -0.4 is 0 Å². The molecule has 0 aliphatic heterocycles. The third-order valence-electron chi connectivity index (χ3n) is 2.19. The Morgan fingerprint density at radius 2 is 1.12 bits per heavy atom. The number of hydrogen-bond acceptors (Lipinski definition) is 2. The highest BCUT2D eigenvalue weighted by Gasteiger charge is 2.08. The Balaban J connectivity index is 2.97. The highest BCUT2D eigenvalue weighted by Crippen LogP contribution is 2.27. The van der Waals surface area contributed by atoms with Gasteiger partial charge in [-0.1, -0.05) is 31.9 Å². The first-order chi connectivity index (χ1) is 7.40. The minimum Gasteiger partial charge on any atom is -0.305 e. The fourth-order valence-corrected chi connectivity index (χ4v) is 2.59. The van der Waals surface area contributed by atoms with E-state index in [4.69, 9.17) is 0 Å². The second-order valence-electron chi connectivity index (χ2n) is 4.51. The van der Waals surface area contributed by atoms with Crippen molar-refractivity contribution in [2.45, 2.75) is 13.1 Å². The molecule has 0 amide bonds. The normalized spacial score (nSPS) is 11.5. The van der Waals surface area contributed by atoms with E-state index in [1.807, 2.05) is 0 Å². The SMILES string of the molecule is CN(C)Cc1cc(Br)c(CN(C)C)cc1Br. The minimum absolute atomic E-state index is 0.946. The molecule has 0 fully saturated rings. The molecule has 0 saturated heterocycles. The summed E-state index contributed by atoms with van der Waals surface area (Å²) in [7, 11) is 8.31. The third-order valence-corrected chi connectivity index (χ3v) is 3.66. The van der Waals surface area contributed by atoms with Gasteiger partial charge >= 0.3 is 0 Å². The van der Waals surface area contributed by atoms with Crippen molar-refractivity contribution in [3.05, 3.63) is 32.2 Å². The van der Waals surface area contributed by atoms with Gasteiger partial charge < -0.3 is 9.80 Å². The second kappa shape index (κ2) is 6.15. The summed E-state index contributed by atoms with van der Waals surface area (Å²) in [5.41, 5.74) is 2.61. The number of rotatable bonds is 4. The third kappa shape index (κ3) is 4.17. The van der Waals surface area contributed by atoms with Crippen molar-refractivity contribution in [1.29, 1.82) is 0 Å². The average molecular weight is 350 g/mol. The highest BCUT2D eigenvalue weighted by molar-refractivity contribution is 9.11. The van der Waals surface area contributed by atoms with Gasteiger partial charge in [-0.05, 0) is 51.5 Å². The van der Waals surface area contributed by atoms with Crippen molar-refractivity contribution in [2.75, 3.05) is 28.2 Å². The topological polar surface area (TPSA) is 6.48 Å². The molecule has 0 saturated carbocycles. The molecule has 4 heteroatoms. The maximum atomic E-state index is 3.63. The fourth-order valence-electron chi connectivity index (χ4n) is 1.55. The Bertz CT molecular complexity index is 327. The molecule has 1 rings (SSSR count). The summed E-state index contributed by atoms with van der Waals surface area (Å²) in [6, 6.07) is 4.39. The molecule has 0 unspecified atom stereocenters. The van der Waals surface area contributed by atoms with E-state index in [1.165, 1.54) is 20.1 Å². The molecule has 1 aromatic carbocycles. The van der Waals surface area contributed by atoms with Gasteiger partial charge in [0.1, 0.15) is 0 Å². The van der Waals surface area contributed by atoms with E-state index in [9.17, 15) is 0 Å². The molecule has 90 valence electrons. The largest absolute Gasteiger partial charge is 0.305 e. The Hall–Kier alpha value is 0.1000. The molecule has 0 N–H and O–H groups in total. The van der Waals surface area contributed by atoms with Crippen LogP contribution in [0.4, 0.5) is 0 Å². The predicted octanol–water partition coefficient (Wildman–Crippen LogP) is 3.33. The smallest absolute Gasteiger partial charge is 0.0239 e. The van der Waals surface area contributed by atoms with Gasteiger partial charge in [-0.3, -0.25) is 0 Å². The zero-order chi connectivity index (χ0) is 12.3. The van der Waals surface area contributed by atoms with E-state index in [0.717, 1.165) is 13.1 Å².